The maximum Gasteiger partial charge on any atom is 0.0867 e. The van der Waals surface area contributed by atoms with Crippen molar-refractivity contribution in [1.29, 1.82) is 0 Å². The van der Waals surface area contributed by atoms with Crippen LogP contribution in [0.1, 0.15) is 0 Å². The Balaban J connectivity index is 2.61. The standard InChI is InChI=1S/C6H8N2/c1-6-2-3-7-5-8-4-6/h2-3,5H,1,4H2,(H,7,8). The number of hydrogen-bond acceptors (Lipinski definition) is 2. The molecule has 0 atom stereocenters. The van der Waals surface area contributed by atoms with E-state index in [9.17, 15) is 0 Å². The highest BCUT2D eigenvalue weighted by Crippen LogP contribution is 1.92. The summed E-state index contributed by atoms with van der Waals surface area (Å²) in [5.74, 6) is 0. The van der Waals surface area contributed by atoms with Crippen molar-refractivity contribution in [2.45, 2.75) is 0 Å². The first-order valence-corrected chi connectivity index (χ1v) is 2.48. The summed E-state index contributed by atoms with van der Waals surface area (Å²) in [7, 11) is 0. The SMILES string of the molecule is C=C1C=CNC=NC1. The summed E-state index contributed by atoms with van der Waals surface area (Å²) in [6.07, 6.45) is 5.39. The van der Waals surface area contributed by atoms with Crippen molar-refractivity contribution < 1.29 is 0 Å². The molecular weight excluding hydrogens is 100 g/mol. The zero-order chi connectivity index (χ0) is 5.82. The average molecular weight is 108 g/mol. The highest BCUT2D eigenvalue weighted by molar-refractivity contribution is 5.57. The molecule has 0 aliphatic carbocycles. The Kier molecular flexibility index (Phi) is 1.47. The minimum Gasteiger partial charge on any atom is -0.353 e. The first-order chi connectivity index (χ1) is 3.89. The van der Waals surface area contributed by atoms with Gasteiger partial charge in [0.1, 0.15) is 0 Å². The van der Waals surface area contributed by atoms with E-state index in [-0.39, 0.29) is 0 Å². The Morgan fingerprint density at radius 1 is 1.75 bits per heavy atom. The van der Waals surface area contributed by atoms with Crippen LogP contribution in [-0.4, -0.2) is 12.9 Å². The normalized spacial score (nSPS) is 17.8. The molecule has 0 saturated carbocycles. The Morgan fingerprint density at radius 2 is 2.62 bits per heavy atom. The lowest BCUT2D eigenvalue weighted by Gasteiger charge is -1.84. The van der Waals surface area contributed by atoms with Gasteiger partial charge in [-0.1, -0.05) is 6.58 Å². The molecule has 1 N–H and O–H groups in total. The molecule has 0 aromatic rings. The second-order valence-corrected chi connectivity index (χ2v) is 1.63. The summed E-state index contributed by atoms with van der Waals surface area (Å²) in [4.78, 5) is 3.95. The molecule has 0 aromatic carbocycles. The summed E-state index contributed by atoms with van der Waals surface area (Å²) in [6, 6.07) is 0. The van der Waals surface area contributed by atoms with E-state index in [1.54, 1.807) is 6.34 Å². The van der Waals surface area contributed by atoms with Gasteiger partial charge in [0.05, 0.1) is 12.9 Å². The van der Waals surface area contributed by atoms with Crippen LogP contribution in [0.4, 0.5) is 0 Å². The summed E-state index contributed by atoms with van der Waals surface area (Å²) >= 11 is 0. The number of nitrogens with one attached hydrogen (secondary N) is 1. The van der Waals surface area contributed by atoms with Crippen LogP contribution in [0.3, 0.4) is 0 Å². The van der Waals surface area contributed by atoms with Gasteiger partial charge in [0.15, 0.2) is 0 Å². The van der Waals surface area contributed by atoms with Crippen LogP contribution in [0.2, 0.25) is 0 Å². The molecule has 0 radical (unpaired) electrons. The molecule has 0 aromatic heterocycles. The molecule has 0 amide bonds. The summed E-state index contributed by atoms with van der Waals surface area (Å²) in [5.41, 5.74) is 1.03. The zero-order valence-corrected chi connectivity index (χ0v) is 4.59. The van der Waals surface area contributed by atoms with E-state index in [0.717, 1.165) is 5.57 Å². The van der Waals surface area contributed by atoms with Crippen LogP contribution in [0.25, 0.3) is 0 Å². The van der Waals surface area contributed by atoms with E-state index in [1.165, 1.54) is 0 Å². The molecule has 1 aliphatic rings. The lowest BCUT2D eigenvalue weighted by atomic mass is 10.3. The second-order valence-electron chi connectivity index (χ2n) is 1.63. The van der Waals surface area contributed by atoms with Gasteiger partial charge in [0.25, 0.3) is 0 Å². The van der Waals surface area contributed by atoms with E-state index in [2.05, 4.69) is 16.9 Å². The Hall–Kier alpha value is -1.05. The Labute approximate surface area is 48.6 Å². The molecule has 1 heterocycles. The molecule has 42 valence electrons. The number of nitrogens with zero attached hydrogens (tertiary/aromatic N) is 1. The molecule has 2 nitrogen and oxygen atoms in total. The van der Waals surface area contributed by atoms with E-state index in [1.807, 2.05) is 12.3 Å². The molecule has 0 bridgehead atoms. The lowest BCUT2D eigenvalue weighted by molar-refractivity contribution is 1.20. The van der Waals surface area contributed by atoms with Gasteiger partial charge in [0, 0.05) is 6.20 Å². The average Bonchev–Trinajstić information content (AvgIpc) is 1.94. The Morgan fingerprint density at radius 3 is 3.50 bits per heavy atom. The summed E-state index contributed by atoms with van der Waals surface area (Å²) < 4.78 is 0. The monoisotopic (exact) mass is 108 g/mol. The van der Waals surface area contributed by atoms with Gasteiger partial charge in [-0.2, -0.15) is 0 Å². The van der Waals surface area contributed by atoms with Crippen molar-refractivity contribution in [3.8, 4) is 0 Å². The van der Waals surface area contributed by atoms with E-state index >= 15 is 0 Å². The van der Waals surface area contributed by atoms with Crippen LogP contribution in [-0.2, 0) is 0 Å². The van der Waals surface area contributed by atoms with Gasteiger partial charge in [-0.15, -0.1) is 0 Å². The largest absolute Gasteiger partial charge is 0.353 e. The minimum atomic E-state index is 0.712. The van der Waals surface area contributed by atoms with Crippen LogP contribution in [0.5, 0.6) is 0 Å². The van der Waals surface area contributed by atoms with E-state index in [4.69, 9.17) is 0 Å². The van der Waals surface area contributed by atoms with E-state index < -0.39 is 0 Å². The molecule has 0 unspecified atom stereocenters. The highest BCUT2D eigenvalue weighted by atomic mass is 14.9. The third kappa shape index (κ3) is 1.22. The molecular formula is C6H8N2. The first kappa shape index (κ1) is 5.09. The third-order valence-electron chi connectivity index (χ3n) is 0.875. The quantitative estimate of drug-likeness (QED) is 0.485. The van der Waals surface area contributed by atoms with Crippen molar-refractivity contribution in [2.75, 3.05) is 6.54 Å². The van der Waals surface area contributed by atoms with Crippen molar-refractivity contribution in [1.82, 2.24) is 5.32 Å². The molecule has 2 heteroatoms. The summed E-state index contributed by atoms with van der Waals surface area (Å²) in [6.45, 7) is 4.45. The van der Waals surface area contributed by atoms with Gasteiger partial charge in [-0.3, -0.25) is 4.99 Å². The molecule has 1 aliphatic heterocycles. The van der Waals surface area contributed by atoms with Crippen LogP contribution >= 0.6 is 0 Å². The van der Waals surface area contributed by atoms with E-state index in [0.29, 0.717) is 6.54 Å². The lowest BCUT2D eigenvalue weighted by Crippen LogP contribution is -1.97. The smallest absolute Gasteiger partial charge is 0.0867 e. The van der Waals surface area contributed by atoms with Crippen LogP contribution < -0.4 is 5.32 Å². The minimum absolute atomic E-state index is 0.712. The third-order valence-corrected chi connectivity index (χ3v) is 0.875. The fourth-order valence-electron chi connectivity index (χ4n) is 0.477. The molecule has 0 spiro atoms. The van der Waals surface area contributed by atoms with Crippen LogP contribution in [0, 0.1) is 0 Å². The fourth-order valence-corrected chi connectivity index (χ4v) is 0.477. The number of hydrogen-bond donors (Lipinski definition) is 1. The molecule has 0 saturated heterocycles. The van der Waals surface area contributed by atoms with Gasteiger partial charge in [0.2, 0.25) is 0 Å². The molecule has 0 fully saturated rings. The molecule has 1 rings (SSSR count). The van der Waals surface area contributed by atoms with Gasteiger partial charge >= 0.3 is 0 Å². The number of aliphatic imine (C=N–C) groups is 1. The summed E-state index contributed by atoms with van der Waals surface area (Å²) in [5, 5.41) is 2.84. The zero-order valence-electron chi connectivity index (χ0n) is 4.59. The predicted molar refractivity (Wildman–Crippen MR) is 34.8 cm³/mol. The van der Waals surface area contributed by atoms with Crippen molar-refractivity contribution in [3.05, 3.63) is 24.4 Å². The van der Waals surface area contributed by atoms with Crippen LogP contribution in [0.15, 0.2) is 29.4 Å². The topological polar surface area (TPSA) is 24.4 Å². The van der Waals surface area contributed by atoms with Gasteiger partial charge in [-0.25, -0.2) is 0 Å². The van der Waals surface area contributed by atoms with Crippen molar-refractivity contribution in [2.24, 2.45) is 4.99 Å². The van der Waals surface area contributed by atoms with Gasteiger partial charge in [-0.05, 0) is 11.6 Å². The first-order valence-electron chi connectivity index (χ1n) is 2.48. The molecule has 8 heavy (non-hydrogen) atoms. The second kappa shape index (κ2) is 2.31. The predicted octanol–water partition coefficient (Wildman–Crippen LogP) is 0.688. The van der Waals surface area contributed by atoms with Crippen molar-refractivity contribution in [3.63, 3.8) is 0 Å². The maximum atomic E-state index is 3.95. The maximum absolute atomic E-state index is 3.95. The van der Waals surface area contributed by atoms with Crippen molar-refractivity contribution >= 4 is 6.34 Å². The number of rotatable bonds is 0. The highest BCUT2D eigenvalue weighted by Gasteiger charge is 1.85. The fraction of sp³-hybridized carbons (Fsp3) is 0.167. The van der Waals surface area contributed by atoms with Gasteiger partial charge < -0.3 is 5.32 Å². The Bertz CT molecular complexity index is 145.